The molecule has 2 aromatic rings. The van der Waals surface area contributed by atoms with Crippen LogP contribution >= 0.6 is 0 Å². The fraction of sp³-hybridized carbons (Fsp3) is 0.648. The Balaban J connectivity index is 1.08. The summed E-state index contributed by atoms with van der Waals surface area (Å²) >= 11 is 0. The summed E-state index contributed by atoms with van der Waals surface area (Å²) in [5.74, 6) is -3.33. The molecule has 15 nitrogen and oxygen atoms in total. The van der Waals surface area contributed by atoms with E-state index >= 15 is 0 Å². The van der Waals surface area contributed by atoms with E-state index in [1.807, 2.05) is 60.7 Å². The van der Waals surface area contributed by atoms with Crippen molar-refractivity contribution in [3.8, 4) is 0 Å². The van der Waals surface area contributed by atoms with Gasteiger partial charge in [0.1, 0.15) is 5.60 Å². The van der Waals surface area contributed by atoms with E-state index in [0.29, 0.717) is 64.2 Å². The number of rotatable bonds is 18. The van der Waals surface area contributed by atoms with Crippen LogP contribution in [-0.4, -0.2) is 90.6 Å². The molecule has 0 aromatic heterocycles. The maximum atomic E-state index is 14.3. The molecule has 4 aliphatic carbocycles. The van der Waals surface area contributed by atoms with Gasteiger partial charge in [-0.3, -0.25) is 28.8 Å². The van der Waals surface area contributed by atoms with Crippen molar-refractivity contribution in [2.24, 2.45) is 23.7 Å². The molecule has 6 amide bonds. The quantitative estimate of drug-likeness (QED) is 0.0900. The van der Waals surface area contributed by atoms with Crippen LogP contribution in [0.1, 0.15) is 147 Å². The van der Waals surface area contributed by atoms with Crippen LogP contribution in [0.3, 0.4) is 0 Å². The number of nitrogens with one attached hydrogen (secondary N) is 6. The number of benzene rings is 2. The standard InChI is InChI=1S/C54H78N6O9/c1-54(2,3)69-53(67)60-45-29-17-13-25-41(45)50(64)56-37(31-35-19-7-5-8-20-35)33-47(61)57-43-27-15-11-23-39(43)51(65)59-44-28-16-12-24-40(44)49(63)55-38(32-36-21-9-6-10-22-36)34-48(62)58-46-30-18-14-26-42(46)52(66)68-4/h5-10,19-22,37-46H,11-18,23-34H2,1-4H3,(H,55,63)(H,56,64)(H,57,61)(H,58,62)(H,59,65)(H,60,67)/t37-,38-,39-,40-,41-,42-,43-,44-,45-,46-/m0/s1. The molecule has 15 heteroatoms. The maximum Gasteiger partial charge on any atom is 0.407 e. The summed E-state index contributed by atoms with van der Waals surface area (Å²) in [7, 11) is 1.37. The third-order valence-corrected chi connectivity index (χ3v) is 14.5. The monoisotopic (exact) mass is 955 g/mol. The number of carbonyl (C=O) groups excluding carboxylic acids is 7. The first-order chi connectivity index (χ1) is 33.1. The third-order valence-electron chi connectivity index (χ3n) is 14.5. The van der Waals surface area contributed by atoms with E-state index in [2.05, 4.69) is 31.9 Å². The molecule has 10 atom stereocenters. The predicted molar refractivity (Wildman–Crippen MR) is 262 cm³/mol. The van der Waals surface area contributed by atoms with Crippen LogP contribution in [0, 0.1) is 23.7 Å². The molecule has 4 aliphatic rings. The van der Waals surface area contributed by atoms with Crippen molar-refractivity contribution in [3.05, 3.63) is 71.8 Å². The summed E-state index contributed by atoms with van der Waals surface area (Å²) in [6.45, 7) is 5.39. The summed E-state index contributed by atoms with van der Waals surface area (Å²) in [5.41, 5.74) is 1.26. The lowest BCUT2D eigenvalue weighted by Crippen LogP contribution is -2.55. The normalized spacial score (nSPS) is 25.9. The molecule has 378 valence electrons. The van der Waals surface area contributed by atoms with E-state index in [9.17, 15) is 33.6 Å². The van der Waals surface area contributed by atoms with Gasteiger partial charge in [-0.1, -0.05) is 112 Å². The Bertz CT molecular complexity index is 2030. The zero-order chi connectivity index (χ0) is 49.3. The van der Waals surface area contributed by atoms with Gasteiger partial charge in [0.25, 0.3) is 0 Å². The Kier molecular flexibility index (Phi) is 19.9. The van der Waals surface area contributed by atoms with Crippen LogP contribution in [0.25, 0.3) is 0 Å². The SMILES string of the molecule is COC(=O)[C@H]1CCCC[C@@H]1NC(=O)C[C@H](Cc1ccccc1)NC(=O)[C@H]1CCCC[C@@H]1NC(=O)[C@H]1CCCC[C@@H]1NC(=O)C[C@H](Cc1ccccc1)NC(=O)[C@H]1CCCC[C@@H]1NC(=O)OC(C)(C)C. The molecule has 0 aliphatic heterocycles. The number of carbonyl (C=O) groups is 7. The molecule has 69 heavy (non-hydrogen) atoms. The van der Waals surface area contributed by atoms with Crippen molar-refractivity contribution < 1.29 is 43.0 Å². The second kappa shape index (κ2) is 25.9. The van der Waals surface area contributed by atoms with E-state index in [1.54, 1.807) is 20.8 Å². The lowest BCUT2D eigenvalue weighted by molar-refractivity contribution is -0.148. The Labute approximate surface area is 408 Å². The van der Waals surface area contributed by atoms with Crippen LogP contribution in [-0.2, 0) is 51.1 Å². The molecular weight excluding hydrogens is 877 g/mol. The number of alkyl carbamates (subject to hydrolysis) is 1. The number of ether oxygens (including phenoxy) is 2. The summed E-state index contributed by atoms with van der Waals surface area (Å²) in [4.78, 5) is 95.5. The zero-order valence-electron chi connectivity index (χ0n) is 41.4. The van der Waals surface area contributed by atoms with Gasteiger partial charge in [0.15, 0.2) is 0 Å². The molecular formula is C54H78N6O9. The van der Waals surface area contributed by atoms with E-state index in [-0.39, 0.29) is 54.4 Å². The molecule has 0 heterocycles. The van der Waals surface area contributed by atoms with Crippen LogP contribution in [0.4, 0.5) is 4.79 Å². The summed E-state index contributed by atoms with van der Waals surface area (Å²) in [5, 5.41) is 18.8. The number of methoxy groups -OCH3 is 1. The van der Waals surface area contributed by atoms with E-state index in [4.69, 9.17) is 9.47 Å². The van der Waals surface area contributed by atoms with Crippen molar-refractivity contribution >= 4 is 41.6 Å². The highest BCUT2D eigenvalue weighted by Gasteiger charge is 2.40. The van der Waals surface area contributed by atoms with Crippen molar-refractivity contribution in [2.75, 3.05) is 7.11 Å². The highest BCUT2D eigenvalue weighted by molar-refractivity contribution is 5.86. The van der Waals surface area contributed by atoms with Gasteiger partial charge in [-0.15, -0.1) is 0 Å². The second-order valence-electron chi connectivity index (χ2n) is 21.0. The maximum absolute atomic E-state index is 14.3. The molecule has 6 rings (SSSR count). The minimum absolute atomic E-state index is 0.00190. The molecule has 0 bridgehead atoms. The van der Waals surface area contributed by atoms with Gasteiger partial charge >= 0.3 is 12.1 Å². The molecule has 0 saturated heterocycles. The minimum atomic E-state index is -0.679. The van der Waals surface area contributed by atoms with Gasteiger partial charge in [-0.25, -0.2) is 4.79 Å². The van der Waals surface area contributed by atoms with Gasteiger partial charge in [0.05, 0.1) is 30.8 Å². The average Bonchev–Trinajstić information content (AvgIpc) is 3.31. The summed E-state index contributed by atoms with van der Waals surface area (Å²) < 4.78 is 10.5. The number of hydrogen-bond acceptors (Lipinski definition) is 9. The van der Waals surface area contributed by atoms with Crippen LogP contribution in [0.2, 0.25) is 0 Å². The minimum Gasteiger partial charge on any atom is -0.469 e. The Morgan fingerprint density at radius 1 is 0.493 bits per heavy atom. The van der Waals surface area contributed by atoms with Gasteiger partial charge in [-0.05, 0) is 96.1 Å². The zero-order valence-corrected chi connectivity index (χ0v) is 41.4. The molecule has 0 spiro atoms. The van der Waals surface area contributed by atoms with Gasteiger partial charge in [0, 0.05) is 49.1 Å². The van der Waals surface area contributed by atoms with Crippen LogP contribution in [0.15, 0.2) is 60.7 Å². The largest absolute Gasteiger partial charge is 0.469 e. The first kappa shape index (κ1) is 52.9. The Morgan fingerprint density at radius 3 is 1.28 bits per heavy atom. The Morgan fingerprint density at radius 2 is 0.855 bits per heavy atom. The predicted octanol–water partition coefficient (Wildman–Crippen LogP) is 6.50. The van der Waals surface area contributed by atoms with Crippen molar-refractivity contribution in [1.29, 1.82) is 0 Å². The topological polar surface area (TPSA) is 210 Å². The van der Waals surface area contributed by atoms with Gasteiger partial charge in [0.2, 0.25) is 29.5 Å². The number of hydrogen-bond donors (Lipinski definition) is 6. The highest BCUT2D eigenvalue weighted by atomic mass is 16.6. The van der Waals surface area contributed by atoms with Crippen molar-refractivity contribution in [1.82, 2.24) is 31.9 Å². The average molecular weight is 955 g/mol. The molecule has 4 saturated carbocycles. The Hall–Kier alpha value is -5.47. The van der Waals surface area contributed by atoms with Crippen LogP contribution < -0.4 is 31.9 Å². The first-order valence-corrected chi connectivity index (χ1v) is 25.8. The second-order valence-corrected chi connectivity index (χ2v) is 21.0. The highest BCUT2D eigenvalue weighted by Crippen LogP contribution is 2.30. The van der Waals surface area contributed by atoms with Crippen LogP contribution in [0.5, 0.6) is 0 Å². The van der Waals surface area contributed by atoms with Crippen molar-refractivity contribution in [2.45, 2.75) is 191 Å². The number of amides is 6. The lowest BCUT2D eigenvalue weighted by Gasteiger charge is -2.36. The summed E-state index contributed by atoms with van der Waals surface area (Å²) in [6, 6.07) is 16.8. The van der Waals surface area contributed by atoms with Gasteiger partial charge in [-0.2, -0.15) is 0 Å². The molecule has 2 aromatic carbocycles. The summed E-state index contributed by atoms with van der Waals surface area (Å²) in [6.07, 6.45) is 12.2. The smallest absolute Gasteiger partial charge is 0.407 e. The molecule has 0 radical (unpaired) electrons. The van der Waals surface area contributed by atoms with Crippen molar-refractivity contribution in [3.63, 3.8) is 0 Å². The number of esters is 1. The lowest BCUT2D eigenvalue weighted by atomic mass is 9.81. The van der Waals surface area contributed by atoms with E-state index < -0.39 is 65.6 Å². The fourth-order valence-electron chi connectivity index (χ4n) is 11.1. The molecule has 6 N–H and O–H groups in total. The third kappa shape index (κ3) is 16.6. The molecule has 4 fully saturated rings. The van der Waals surface area contributed by atoms with Gasteiger partial charge < -0.3 is 41.4 Å². The fourth-order valence-corrected chi connectivity index (χ4v) is 11.1. The first-order valence-electron chi connectivity index (χ1n) is 25.8. The molecule has 0 unspecified atom stereocenters. The van der Waals surface area contributed by atoms with E-state index in [0.717, 1.165) is 62.5 Å². The van der Waals surface area contributed by atoms with E-state index in [1.165, 1.54) is 7.11 Å².